The van der Waals surface area contributed by atoms with Crippen LogP contribution in [0.25, 0.3) is 0 Å². The number of nitro groups is 1. The van der Waals surface area contributed by atoms with Crippen LogP contribution in [-0.2, 0) is 0 Å². The van der Waals surface area contributed by atoms with E-state index < -0.39 is 17.6 Å². The van der Waals surface area contributed by atoms with Gasteiger partial charge in [0.25, 0.3) is 5.69 Å². The first-order valence-electron chi connectivity index (χ1n) is 5.76. The van der Waals surface area contributed by atoms with E-state index in [0.29, 0.717) is 12.8 Å². The molecule has 0 bridgehead atoms. The largest absolute Gasteiger partial charge is 0.405 e. The fourth-order valence-corrected chi connectivity index (χ4v) is 1.80. The van der Waals surface area contributed by atoms with E-state index in [-0.39, 0.29) is 23.4 Å². The number of nitrogen functional groups attached to an aromatic ring is 1. The average molecular weight is 291 g/mol. The van der Waals surface area contributed by atoms with Gasteiger partial charge < -0.3 is 10.3 Å². The van der Waals surface area contributed by atoms with Gasteiger partial charge in [-0.05, 0) is 12.8 Å². The minimum absolute atomic E-state index is 0.0537. The number of hydrazine groups is 1. The van der Waals surface area contributed by atoms with Crippen LogP contribution < -0.4 is 16.2 Å². The molecule has 0 atom stereocenters. The average Bonchev–Trinajstić information content (AvgIpc) is 3.18. The molecule has 0 aliphatic heterocycles. The number of aromatic nitrogens is 1. The zero-order valence-corrected chi connectivity index (χ0v) is 10.2. The Morgan fingerprint density at radius 2 is 2.15 bits per heavy atom. The molecular weight excluding hydrogens is 279 g/mol. The van der Waals surface area contributed by atoms with Crippen molar-refractivity contribution in [2.45, 2.75) is 25.1 Å². The summed E-state index contributed by atoms with van der Waals surface area (Å²) in [7, 11) is 0. The molecule has 1 aromatic rings. The molecule has 1 fully saturated rings. The molecule has 1 aliphatic carbocycles. The lowest BCUT2D eigenvalue weighted by Crippen LogP contribution is -2.36. The Balaban J connectivity index is 2.36. The Morgan fingerprint density at radius 1 is 1.50 bits per heavy atom. The summed E-state index contributed by atoms with van der Waals surface area (Å²) in [6.07, 6.45) is -3.21. The lowest BCUT2D eigenvalue weighted by Gasteiger charge is -2.24. The van der Waals surface area contributed by atoms with Gasteiger partial charge in [0.2, 0.25) is 0 Å². The molecule has 0 amide bonds. The maximum absolute atomic E-state index is 12.6. The number of hydrogen-bond acceptors (Lipinski definition) is 6. The maximum atomic E-state index is 12.6. The third kappa shape index (κ3) is 3.47. The van der Waals surface area contributed by atoms with Crippen molar-refractivity contribution in [3.8, 4) is 0 Å². The second-order valence-corrected chi connectivity index (χ2v) is 4.44. The van der Waals surface area contributed by atoms with Gasteiger partial charge in [-0.2, -0.15) is 13.2 Å². The van der Waals surface area contributed by atoms with Gasteiger partial charge >= 0.3 is 6.18 Å². The van der Waals surface area contributed by atoms with E-state index >= 15 is 0 Å². The van der Waals surface area contributed by atoms with E-state index in [4.69, 9.17) is 5.84 Å². The Kier molecular flexibility index (Phi) is 3.66. The van der Waals surface area contributed by atoms with Crippen LogP contribution >= 0.6 is 0 Å². The van der Waals surface area contributed by atoms with E-state index in [1.54, 1.807) is 0 Å². The molecule has 1 aromatic heterocycles. The van der Waals surface area contributed by atoms with Gasteiger partial charge in [-0.1, -0.05) is 0 Å². The lowest BCUT2D eigenvalue weighted by atomic mass is 10.3. The van der Waals surface area contributed by atoms with E-state index in [0.717, 1.165) is 17.0 Å². The highest BCUT2D eigenvalue weighted by molar-refractivity contribution is 5.56. The Labute approximate surface area is 111 Å². The Morgan fingerprint density at radius 3 is 2.60 bits per heavy atom. The molecule has 0 spiro atoms. The van der Waals surface area contributed by atoms with Crippen molar-refractivity contribution in [3.05, 3.63) is 22.2 Å². The smallest absolute Gasteiger partial charge is 0.344 e. The van der Waals surface area contributed by atoms with E-state index in [2.05, 4.69) is 10.4 Å². The fourth-order valence-electron chi connectivity index (χ4n) is 1.80. The summed E-state index contributed by atoms with van der Waals surface area (Å²) < 4.78 is 37.7. The Bertz CT molecular complexity index is 518. The van der Waals surface area contributed by atoms with Crippen LogP contribution in [-0.4, -0.2) is 28.7 Å². The minimum atomic E-state index is -4.41. The summed E-state index contributed by atoms with van der Waals surface area (Å²) >= 11 is 0. The minimum Gasteiger partial charge on any atom is -0.344 e. The highest BCUT2D eigenvalue weighted by Gasteiger charge is 2.39. The van der Waals surface area contributed by atoms with Crippen molar-refractivity contribution in [1.82, 2.24) is 4.98 Å². The summed E-state index contributed by atoms with van der Waals surface area (Å²) in [6.45, 7) is -1.20. The van der Waals surface area contributed by atoms with Crippen LogP contribution in [0, 0.1) is 10.1 Å². The normalized spacial score (nSPS) is 15.0. The first-order chi connectivity index (χ1) is 9.30. The van der Waals surface area contributed by atoms with Gasteiger partial charge in [0.15, 0.2) is 0 Å². The van der Waals surface area contributed by atoms with E-state index in [9.17, 15) is 23.3 Å². The van der Waals surface area contributed by atoms with Crippen molar-refractivity contribution in [3.63, 3.8) is 0 Å². The number of alkyl halides is 3. The summed E-state index contributed by atoms with van der Waals surface area (Å²) in [5.41, 5.74) is 1.75. The number of rotatable bonds is 5. The van der Waals surface area contributed by atoms with Crippen molar-refractivity contribution in [2.24, 2.45) is 5.84 Å². The monoisotopic (exact) mass is 291 g/mol. The molecule has 1 saturated carbocycles. The molecule has 3 N–H and O–H groups in total. The number of nitrogens with one attached hydrogen (secondary N) is 1. The quantitative estimate of drug-likeness (QED) is 0.488. The maximum Gasteiger partial charge on any atom is 0.405 e. The Hall–Kier alpha value is -2.10. The zero-order chi connectivity index (χ0) is 14.9. The topological polar surface area (TPSA) is 97.3 Å². The van der Waals surface area contributed by atoms with Crippen molar-refractivity contribution >= 4 is 17.3 Å². The van der Waals surface area contributed by atoms with E-state index in [1.807, 2.05) is 0 Å². The van der Waals surface area contributed by atoms with Crippen molar-refractivity contribution in [1.29, 1.82) is 0 Å². The number of pyridine rings is 1. The van der Waals surface area contributed by atoms with Gasteiger partial charge in [0.05, 0.1) is 17.1 Å². The van der Waals surface area contributed by atoms with Crippen LogP contribution in [0.1, 0.15) is 12.8 Å². The van der Waals surface area contributed by atoms with Gasteiger partial charge in [-0.3, -0.25) is 10.1 Å². The molecule has 1 aliphatic rings. The number of nitrogens with two attached hydrogens (primary N) is 1. The summed E-state index contributed by atoms with van der Waals surface area (Å²) in [5.74, 6) is 4.97. The number of anilines is 2. The summed E-state index contributed by atoms with van der Waals surface area (Å²) in [5, 5.41) is 10.8. The highest BCUT2D eigenvalue weighted by Crippen LogP contribution is 2.35. The van der Waals surface area contributed by atoms with E-state index in [1.165, 1.54) is 0 Å². The van der Waals surface area contributed by atoms with Gasteiger partial charge in [-0.15, -0.1) is 0 Å². The van der Waals surface area contributed by atoms with Gasteiger partial charge in [0, 0.05) is 6.04 Å². The third-order valence-corrected chi connectivity index (χ3v) is 2.79. The molecule has 0 aromatic carbocycles. The van der Waals surface area contributed by atoms with Crippen LogP contribution in [0.3, 0.4) is 0 Å². The SMILES string of the molecule is NNc1cc([N+](=O)[O-])cc(N(CC(F)(F)F)C2CC2)n1. The predicted molar refractivity (Wildman–Crippen MR) is 65.1 cm³/mol. The van der Waals surface area contributed by atoms with Crippen LogP contribution in [0.15, 0.2) is 12.1 Å². The highest BCUT2D eigenvalue weighted by atomic mass is 19.4. The first kappa shape index (κ1) is 14.3. The molecule has 0 saturated heterocycles. The molecular formula is C10H12F3N5O2. The lowest BCUT2D eigenvalue weighted by molar-refractivity contribution is -0.384. The molecule has 10 heteroatoms. The second-order valence-electron chi connectivity index (χ2n) is 4.44. The third-order valence-electron chi connectivity index (χ3n) is 2.79. The van der Waals surface area contributed by atoms with Gasteiger partial charge in [-0.25, -0.2) is 10.8 Å². The molecule has 7 nitrogen and oxygen atoms in total. The van der Waals surface area contributed by atoms with Crippen molar-refractivity contribution in [2.75, 3.05) is 16.9 Å². The standard InChI is InChI=1S/C10H12F3N5O2/c11-10(12,13)5-17(6-1-2-6)9-4-7(18(19)20)3-8(15-9)16-14/h3-4,6H,1-2,5,14H2,(H,15,16). The molecule has 0 radical (unpaired) electrons. The predicted octanol–water partition coefficient (Wildman–Crippen LogP) is 1.81. The fraction of sp³-hybridized carbons (Fsp3) is 0.500. The zero-order valence-electron chi connectivity index (χ0n) is 10.2. The number of hydrogen-bond donors (Lipinski definition) is 2. The van der Waals surface area contributed by atoms with Crippen LogP contribution in [0.4, 0.5) is 30.5 Å². The summed E-state index contributed by atoms with van der Waals surface area (Å²) in [6, 6.07) is 1.78. The number of halogens is 3. The first-order valence-corrected chi connectivity index (χ1v) is 5.76. The molecule has 1 heterocycles. The molecule has 0 unspecified atom stereocenters. The second kappa shape index (κ2) is 5.12. The number of nitrogens with zero attached hydrogens (tertiary/aromatic N) is 3. The molecule has 2 rings (SSSR count). The van der Waals surface area contributed by atoms with Crippen molar-refractivity contribution < 1.29 is 18.1 Å². The van der Waals surface area contributed by atoms with Crippen LogP contribution in [0.5, 0.6) is 0 Å². The molecule has 110 valence electrons. The molecule has 20 heavy (non-hydrogen) atoms. The van der Waals surface area contributed by atoms with Crippen LogP contribution in [0.2, 0.25) is 0 Å². The van der Waals surface area contributed by atoms with Gasteiger partial charge in [0.1, 0.15) is 18.2 Å². The summed E-state index contributed by atoms with van der Waals surface area (Å²) in [4.78, 5) is 15.0.